The molecule has 0 spiro atoms. The lowest BCUT2D eigenvalue weighted by Crippen LogP contribution is -2.41. The molecule has 2 aromatic carbocycles. The largest absolute Gasteiger partial charge is 0.486 e. The van der Waals surface area contributed by atoms with E-state index >= 15 is 0 Å². The Morgan fingerprint density at radius 1 is 0.844 bits per heavy atom. The zero-order chi connectivity index (χ0) is 21.9. The second-order valence-electron chi connectivity index (χ2n) is 7.08. The standard InChI is InChI=1S/C24H18N4O4/c29-23(15-7-8-21-22(12-15)32-11-10-31-21)27-28-24(30)18-13-20(16-4-3-9-25-14-16)26-19-6-2-1-5-17(18)19/h1-9,12-14H,10-11H2,(H,27,29)(H,28,30). The zero-order valence-corrected chi connectivity index (χ0v) is 16.9. The molecule has 4 aromatic rings. The molecule has 0 unspecified atom stereocenters. The van der Waals surface area contributed by atoms with Crippen LogP contribution in [-0.2, 0) is 0 Å². The lowest BCUT2D eigenvalue weighted by atomic mass is 10.0. The number of carbonyl (C=O) groups is 2. The first-order chi connectivity index (χ1) is 15.7. The van der Waals surface area contributed by atoms with Gasteiger partial charge in [-0.1, -0.05) is 18.2 Å². The van der Waals surface area contributed by atoms with Crippen molar-refractivity contribution in [3.63, 3.8) is 0 Å². The molecule has 1 aliphatic rings. The highest BCUT2D eigenvalue weighted by Gasteiger charge is 2.17. The Balaban J connectivity index is 1.39. The van der Waals surface area contributed by atoms with Gasteiger partial charge in [0.2, 0.25) is 0 Å². The van der Waals surface area contributed by atoms with E-state index in [1.165, 1.54) is 0 Å². The summed E-state index contributed by atoms with van der Waals surface area (Å²) in [6, 6.07) is 17.6. The van der Waals surface area contributed by atoms with Crippen LogP contribution in [0.15, 0.2) is 73.1 Å². The number of nitrogens with zero attached hydrogens (tertiary/aromatic N) is 2. The van der Waals surface area contributed by atoms with Gasteiger partial charge in [-0.25, -0.2) is 4.98 Å². The van der Waals surface area contributed by atoms with Gasteiger partial charge >= 0.3 is 0 Å². The van der Waals surface area contributed by atoms with Gasteiger partial charge in [0, 0.05) is 28.9 Å². The number of benzene rings is 2. The molecule has 8 nitrogen and oxygen atoms in total. The lowest BCUT2D eigenvalue weighted by molar-refractivity contribution is 0.0847. The van der Waals surface area contributed by atoms with E-state index in [2.05, 4.69) is 20.8 Å². The molecule has 3 heterocycles. The van der Waals surface area contributed by atoms with Crippen molar-refractivity contribution in [2.75, 3.05) is 13.2 Å². The predicted molar refractivity (Wildman–Crippen MR) is 117 cm³/mol. The van der Waals surface area contributed by atoms with Gasteiger partial charge in [-0.15, -0.1) is 0 Å². The van der Waals surface area contributed by atoms with Gasteiger partial charge in [-0.2, -0.15) is 0 Å². The summed E-state index contributed by atoms with van der Waals surface area (Å²) in [6.07, 6.45) is 3.36. The Morgan fingerprint density at radius 2 is 1.66 bits per heavy atom. The SMILES string of the molecule is O=C(NNC(=O)c1cc(-c2cccnc2)nc2ccccc12)c1ccc2c(c1)OCCO2. The normalized spacial score (nSPS) is 12.2. The number of hydrazine groups is 1. The van der Waals surface area contributed by atoms with Crippen molar-refractivity contribution in [2.45, 2.75) is 0 Å². The highest BCUT2D eigenvalue weighted by Crippen LogP contribution is 2.30. The number of pyridine rings is 2. The van der Waals surface area contributed by atoms with Crippen LogP contribution in [0.2, 0.25) is 0 Å². The van der Waals surface area contributed by atoms with E-state index in [0.29, 0.717) is 52.4 Å². The summed E-state index contributed by atoms with van der Waals surface area (Å²) in [6.45, 7) is 0.888. The Bertz CT molecular complexity index is 1320. The summed E-state index contributed by atoms with van der Waals surface area (Å²) in [7, 11) is 0. The summed E-state index contributed by atoms with van der Waals surface area (Å²) in [5.74, 6) is 0.153. The number of hydrogen-bond donors (Lipinski definition) is 2. The Morgan fingerprint density at radius 3 is 2.50 bits per heavy atom. The van der Waals surface area contributed by atoms with Crippen LogP contribution in [0.25, 0.3) is 22.2 Å². The van der Waals surface area contributed by atoms with Crippen molar-refractivity contribution in [3.05, 3.63) is 84.2 Å². The number of nitrogens with one attached hydrogen (secondary N) is 2. The molecule has 2 amide bonds. The van der Waals surface area contributed by atoms with E-state index in [1.807, 2.05) is 30.3 Å². The van der Waals surface area contributed by atoms with Crippen LogP contribution in [-0.4, -0.2) is 35.0 Å². The van der Waals surface area contributed by atoms with E-state index in [0.717, 1.165) is 5.56 Å². The molecule has 2 aromatic heterocycles. The number of amides is 2. The fourth-order valence-corrected chi connectivity index (χ4v) is 3.46. The Hall–Kier alpha value is -4.46. The summed E-state index contributed by atoms with van der Waals surface area (Å²) in [5, 5.41) is 0.672. The minimum atomic E-state index is -0.471. The van der Waals surface area contributed by atoms with Crippen LogP contribution in [0.5, 0.6) is 11.5 Å². The maximum absolute atomic E-state index is 13.0. The first-order valence-electron chi connectivity index (χ1n) is 9.99. The molecular formula is C24H18N4O4. The molecule has 0 saturated heterocycles. The van der Waals surface area contributed by atoms with Gasteiger partial charge in [-0.3, -0.25) is 25.4 Å². The average molecular weight is 426 g/mol. The quantitative estimate of drug-likeness (QED) is 0.488. The van der Waals surface area contributed by atoms with Crippen molar-refractivity contribution in [3.8, 4) is 22.8 Å². The first-order valence-corrected chi connectivity index (χ1v) is 9.99. The molecular weight excluding hydrogens is 408 g/mol. The fourth-order valence-electron chi connectivity index (χ4n) is 3.46. The smallest absolute Gasteiger partial charge is 0.270 e. The van der Waals surface area contributed by atoms with Gasteiger partial charge in [0.15, 0.2) is 11.5 Å². The molecule has 8 heteroatoms. The van der Waals surface area contributed by atoms with Gasteiger partial charge in [0.1, 0.15) is 13.2 Å². The number of carbonyl (C=O) groups excluding carboxylic acids is 2. The molecule has 0 atom stereocenters. The molecule has 0 aliphatic carbocycles. The maximum Gasteiger partial charge on any atom is 0.270 e. The van der Waals surface area contributed by atoms with Crippen LogP contribution in [0.4, 0.5) is 0 Å². The molecule has 0 radical (unpaired) electrons. The van der Waals surface area contributed by atoms with Crippen LogP contribution < -0.4 is 20.3 Å². The van der Waals surface area contributed by atoms with Crippen molar-refractivity contribution >= 4 is 22.7 Å². The highest BCUT2D eigenvalue weighted by atomic mass is 16.6. The summed E-state index contributed by atoms with van der Waals surface area (Å²) in [4.78, 5) is 34.3. The number of ether oxygens (including phenoxy) is 2. The van der Waals surface area contributed by atoms with Gasteiger partial charge < -0.3 is 9.47 Å². The number of rotatable bonds is 3. The van der Waals surface area contributed by atoms with Crippen molar-refractivity contribution in [2.24, 2.45) is 0 Å². The summed E-state index contributed by atoms with van der Waals surface area (Å²) >= 11 is 0. The van der Waals surface area contributed by atoms with E-state index in [-0.39, 0.29) is 0 Å². The molecule has 158 valence electrons. The Kier molecular flexibility index (Phi) is 5.09. The van der Waals surface area contributed by atoms with E-state index in [4.69, 9.17) is 9.47 Å². The third kappa shape index (κ3) is 3.81. The molecule has 2 N–H and O–H groups in total. The highest BCUT2D eigenvalue weighted by molar-refractivity contribution is 6.08. The van der Waals surface area contributed by atoms with Crippen LogP contribution in [0.3, 0.4) is 0 Å². The molecule has 0 fully saturated rings. The van der Waals surface area contributed by atoms with E-state index < -0.39 is 11.8 Å². The molecule has 0 saturated carbocycles. The second-order valence-corrected chi connectivity index (χ2v) is 7.08. The monoisotopic (exact) mass is 426 g/mol. The second kappa shape index (κ2) is 8.35. The minimum Gasteiger partial charge on any atom is -0.486 e. The van der Waals surface area contributed by atoms with Crippen molar-refractivity contribution < 1.29 is 19.1 Å². The molecule has 5 rings (SSSR count). The van der Waals surface area contributed by atoms with Crippen molar-refractivity contribution in [1.29, 1.82) is 0 Å². The number of para-hydroxylation sites is 1. The number of fused-ring (bicyclic) bond motifs is 2. The van der Waals surface area contributed by atoms with Gasteiger partial charge in [0.25, 0.3) is 11.8 Å². The maximum atomic E-state index is 13.0. The topological polar surface area (TPSA) is 102 Å². The molecule has 1 aliphatic heterocycles. The third-order valence-electron chi connectivity index (χ3n) is 5.01. The van der Waals surface area contributed by atoms with E-state index in [1.54, 1.807) is 42.7 Å². The number of hydrogen-bond acceptors (Lipinski definition) is 6. The number of aromatic nitrogens is 2. The Labute approximate surface area is 183 Å². The summed E-state index contributed by atoms with van der Waals surface area (Å²) in [5.41, 5.74) is 7.74. The summed E-state index contributed by atoms with van der Waals surface area (Å²) < 4.78 is 11.0. The average Bonchev–Trinajstić information content (AvgIpc) is 2.86. The third-order valence-corrected chi connectivity index (χ3v) is 5.01. The van der Waals surface area contributed by atoms with Crippen LogP contribution in [0, 0.1) is 0 Å². The molecule has 32 heavy (non-hydrogen) atoms. The van der Waals surface area contributed by atoms with Crippen molar-refractivity contribution in [1.82, 2.24) is 20.8 Å². The van der Waals surface area contributed by atoms with E-state index in [9.17, 15) is 9.59 Å². The fraction of sp³-hybridized carbons (Fsp3) is 0.0833. The minimum absolute atomic E-state index is 0.338. The molecule has 0 bridgehead atoms. The predicted octanol–water partition coefficient (Wildman–Crippen LogP) is 3.14. The van der Waals surface area contributed by atoms with Crippen LogP contribution >= 0.6 is 0 Å². The van der Waals surface area contributed by atoms with Crippen LogP contribution in [0.1, 0.15) is 20.7 Å². The van der Waals surface area contributed by atoms with Gasteiger partial charge in [0.05, 0.1) is 16.8 Å². The lowest BCUT2D eigenvalue weighted by Gasteiger charge is -2.18. The first kappa shape index (κ1) is 19.5. The zero-order valence-electron chi connectivity index (χ0n) is 16.9. The van der Waals surface area contributed by atoms with Gasteiger partial charge in [-0.05, 0) is 42.5 Å².